The Kier molecular flexibility index (Phi) is 16.7. The number of aromatic amines is 1. The molecule has 2 heteroatoms. The van der Waals surface area contributed by atoms with Crippen LogP contribution in [0.5, 0.6) is 0 Å². The molecule has 0 bridgehead atoms. The quantitative estimate of drug-likeness (QED) is 0.0815. The summed E-state index contributed by atoms with van der Waals surface area (Å²) >= 11 is 0. The van der Waals surface area contributed by atoms with Gasteiger partial charge >= 0.3 is 0 Å². The first-order valence-electron chi connectivity index (χ1n) is 17.8. The van der Waals surface area contributed by atoms with Crippen LogP contribution in [0.3, 0.4) is 0 Å². The monoisotopic (exact) mass is 571 g/mol. The molecule has 3 rings (SSSR count). The number of benzene rings is 2. The molecule has 2 atom stereocenters. The second kappa shape index (κ2) is 20.5. The van der Waals surface area contributed by atoms with Crippen molar-refractivity contribution in [2.24, 2.45) is 0 Å². The van der Waals surface area contributed by atoms with Crippen molar-refractivity contribution in [3.05, 3.63) is 90.0 Å². The normalized spacial score (nSPS) is 13.7. The van der Waals surface area contributed by atoms with E-state index in [0.29, 0.717) is 5.92 Å². The number of rotatable bonds is 24. The van der Waals surface area contributed by atoms with E-state index in [9.17, 15) is 0 Å². The first kappa shape index (κ1) is 34.1. The molecule has 0 radical (unpaired) electrons. The lowest BCUT2D eigenvalue weighted by atomic mass is 9.66. The molecule has 0 fully saturated rings. The molecule has 0 saturated carbocycles. The highest BCUT2D eigenvalue weighted by molar-refractivity contribution is 5.32. The van der Waals surface area contributed by atoms with Crippen LogP contribution in [0.2, 0.25) is 0 Å². The number of aromatic nitrogens is 2. The molecule has 0 aliphatic rings. The van der Waals surface area contributed by atoms with Crippen LogP contribution >= 0.6 is 0 Å². The molecule has 1 N–H and O–H groups in total. The Balaban J connectivity index is 1.50. The number of hydrogen-bond donors (Lipinski definition) is 1. The maximum absolute atomic E-state index is 3.72. The van der Waals surface area contributed by atoms with Gasteiger partial charge in [-0.2, -0.15) is 0 Å². The van der Waals surface area contributed by atoms with Crippen LogP contribution in [0.25, 0.3) is 0 Å². The first-order chi connectivity index (χ1) is 20.7. The van der Waals surface area contributed by atoms with Gasteiger partial charge in [0.25, 0.3) is 5.82 Å². The summed E-state index contributed by atoms with van der Waals surface area (Å²) in [4.78, 5) is 3.72. The third kappa shape index (κ3) is 11.7. The lowest BCUT2D eigenvalue weighted by Gasteiger charge is -2.37. The van der Waals surface area contributed by atoms with Gasteiger partial charge in [-0.25, -0.2) is 9.55 Å². The van der Waals surface area contributed by atoms with E-state index in [-0.39, 0.29) is 5.41 Å². The Morgan fingerprint density at radius 3 is 1.64 bits per heavy atom. The molecule has 0 aliphatic carbocycles. The van der Waals surface area contributed by atoms with Crippen molar-refractivity contribution in [2.75, 3.05) is 0 Å². The fourth-order valence-electron chi connectivity index (χ4n) is 7.03. The van der Waals surface area contributed by atoms with E-state index < -0.39 is 0 Å². The van der Waals surface area contributed by atoms with Gasteiger partial charge in [0.1, 0.15) is 12.4 Å². The van der Waals surface area contributed by atoms with E-state index in [1.54, 1.807) is 0 Å². The molecule has 1 heterocycles. The third-order valence-corrected chi connectivity index (χ3v) is 9.55. The molecule has 1 aromatic heterocycles. The SMILES string of the molecule is CCCCCCCCCCCCCCCCCCC(c1[nH]cc[n+]1CCC)C(C)(Cc1ccccc1)c1ccccc1. The van der Waals surface area contributed by atoms with Gasteiger partial charge in [-0.05, 0) is 30.4 Å². The fraction of sp³-hybridized carbons (Fsp3) is 0.625. The van der Waals surface area contributed by atoms with E-state index in [4.69, 9.17) is 0 Å². The summed E-state index contributed by atoms with van der Waals surface area (Å²) in [5.41, 5.74) is 2.89. The molecular formula is C40H63N2+. The Labute approximate surface area is 259 Å². The van der Waals surface area contributed by atoms with Crippen molar-refractivity contribution in [2.45, 2.75) is 161 Å². The minimum absolute atomic E-state index is 0.0124. The van der Waals surface area contributed by atoms with Gasteiger partial charge in [0, 0.05) is 5.41 Å². The molecule has 232 valence electrons. The number of H-pyrrole nitrogens is 1. The summed E-state index contributed by atoms with van der Waals surface area (Å²) < 4.78 is 2.49. The summed E-state index contributed by atoms with van der Waals surface area (Å²) in [6.45, 7) is 8.18. The Hall–Kier alpha value is -2.35. The minimum Gasteiger partial charge on any atom is -0.247 e. The zero-order valence-electron chi connectivity index (χ0n) is 27.6. The molecule has 0 amide bonds. The number of hydrogen-bond acceptors (Lipinski definition) is 0. The van der Waals surface area contributed by atoms with Crippen molar-refractivity contribution < 1.29 is 4.57 Å². The average Bonchev–Trinajstić information content (AvgIpc) is 3.47. The summed E-state index contributed by atoms with van der Waals surface area (Å²) in [6, 6.07) is 22.4. The predicted molar refractivity (Wildman–Crippen MR) is 182 cm³/mol. The second-order valence-corrected chi connectivity index (χ2v) is 13.1. The fourth-order valence-corrected chi connectivity index (χ4v) is 7.03. The largest absolute Gasteiger partial charge is 0.258 e. The highest BCUT2D eigenvalue weighted by atomic mass is 15.1. The van der Waals surface area contributed by atoms with Crippen molar-refractivity contribution in [1.29, 1.82) is 0 Å². The third-order valence-electron chi connectivity index (χ3n) is 9.55. The summed E-state index contributed by atoms with van der Waals surface area (Å²) in [5, 5.41) is 0. The van der Waals surface area contributed by atoms with Crippen LogP contribution < -0.4 is 4.57 Å². The van der Waals surface area contributed by atoms with Gasteiger partial charge in [-0.15, -0.1) is 0 Å². The van der Waals surface area contributed by atoms with Gasteiger partial charge in [0.15, 0.2) is 0 Å². The van der Waals surface area contributed by atoms with Gasteiger partial charge < -0.3 is 0 Å². The highest BCUT2D eigenvalue weighted by Crippen LogP contribution is 2.43. The van der Waals surface area contributed by atoms with Crippen molar-refractivity contribution in [3.8, 4) is 0 Å². The van der Waals surface area contributed by atoms with Gasteiger partial charge in [0.05, 0.1) is 12.5 Å². The predicted octanol–water partition coefficient (Wildman–Crippen LogP) is 11.6. The minimum atomic E-state index is 0.0124. The second-order valence-electron chi connectivity index (χ2n) is 13.1. The molecule has 3 aromatic rings. The molecule has 0 aliphatic heterocycles. The van der Waals surface area contributed by atoms with Crippen LogP contribution in [-0.2, 0) is 18.4 Å². The lowest BCUT2D eigenvalue weighted by Crippen LogP contribution is -2.43. The topological polar surface area (TPSA) is 19.7 Å². The van der Waals surface area contributed by atoms with Crippen LogP contribution in [0.4, 0.5) is 0 Å². The van der Waals surface area contributed by atoms with E-state index >= 15 is 0 Å². The number of nitrogens with zero attached hydrogens (tertiary/aromatic N) is 1. The maximum atomic E-state index is 3.72. The van der Waals surface area contributed by atoms with Crippen molar-refractivity contribution in [1.82, 2.24) is 4.98 Å². The summed E-state index contributed by atoms with van der Waals surface area (Å²) in [5.74, 6) is 1.84. The summed E-state index contributed by atoms with van der Waals surface area (Å²) in [7, 11) is 0. The standard InChI is InChI=1S/C40H62N2/c1-4-6-7-8-9-10-11-12-13-14-15-16-17-18-19-26-31-38(39-41-32-34-42(39)33-5-2)40(3,37-29-24-21-25-30-37)35-36-27-22-20-23-28-36/h20-25,27-30,32,34,38H,4-19,26,31,33,35H2,1-3H3/p+1. The highest BCUT2D eigenvalue weighted by Gasteiger charge is 2.41. The number of unbranched alkanes of at least 4 members (excludes halogenated alkanes) is 15. The van der Waals surface area contributed by atoms with Crippen LogP contribution in [-0.4, -0.2) is 4.98 Å². The van der Waals surface area contributed by atoms with Gasteiger partial charge in [0.2, 0.25) is 0 Å². The number of nitrogens with one attached hydrogen (secondary N) is 1. The summed E-state index contributed by atoms with van der Waals surface area (Å²) in [6.07, 6.45) is 30.5. The Morgan fingerprint density at radius 2 is 1.12 bits per heavy atom. The van der Waals surface area contributed by atoms with Crippen LogP contribution in [0.15, 0.2) is 73.1 Å². The molecule has 0 spiro atoms. The van der Waals surface area contributed by atoms with E-state index in [0.717, 1.165) is 19.4 Å². The zero-order chi connectivity index (χ0) is 29.7. The molecule has 2 unspecified atom stereocenters. The average molecular weight is 572 g/mol. The Bertz CT molecular complexity index is 1040. The van der Waals surface area contributed by atoms with Crippen molar-refractivity contribution >= 4 is 0 Å². The molecule has 42 heavy (non-hydrogen) atoms. The lowest BCUT2D eigenvalue weighted by molar-refractivity contribution is -0.704. The number of aryl methyl sites for hydroxylation is 1. The maximum Gasteiger partial charge on any atom is 0.258 e. The van der Waals surface area contributed by atoms with Crippen molar-refractivity contribution in [3.63, 3.8) is 0 Å². The molecule has 2 aromatic carbocycles. The molecule has 2 nitrogen and oxygen atoms in total. The van der Waals surface area contributed by atoms with E-state index in [1.165, 1.54) is 126 Å². The Morgan fingerprint density at radius 1 is 0.619 bits per heavy atom. The van der Waals surface area contributed by atoms with Crippen LogP contribution in [0.1, 0.15) is 159 Å². The van der Waals surface area contributed by atoms with E-state index in [1.807, 2.05) is 0 Å². The van der Waals surface area contributed by atoms with Crippen LogP contribution in [0, 0.1) is 0 Å². The van der Waals surface area contributed by atoms with E-state index in [2.05, 4.69) is 103 Å². The van der Waals surface area contributed by atoms with Gasteiger partial charge in [-0.3, -0.25) is 0 Å². The smallest absolute Gasteiger partial charge is 0.247 e. The zero-order valence-corrected chi connectivity index (χ0v) is 27.6. The first-order valence-corrected chi connectivity index (χ1v) is 17.8. The number of imidazole rings is 1. The molecule has 0 saturated heterocycles. The van der Waals surface area contributed by atoms with Gasteiger partial charge in [-0.1, -0.05) is 184 Å². The molecular weight excluding hydrogens is 508 g/mol.